The molecular weight excluding hydrogens is 438 g/mol. The van der Waals surface area contributed by atoms with Gasteiger partial charge in [-0.15, -0.1) is 0 Å². The highest BCUT2D eigenvalue weighted by atomic mass is 35.5. The third-order valence-corrected chi connectivity index (χ3v) is 5.67. The highest BCUT2D eigenvalue weighted by molar-refractivity contribution is 6.33. The molecule has 7 heteroatoms. The minimum absolute atomic E-state index is 0.309. The molecule has 0 saturated carbocycles. The van der Waals surface area contributed by atoms with Gasteiger partial charge in [0.2, 0.25) is 5.91 Å². The van der Waals surface area contributed by atoms with Crippen LogP contribution in [0.5, 0.6) is 0 Å². The molecule has 168 valence electrons. The van der Waals surface area contributed by atoms with E-state index in [4.69, 9.17) is 16.3 Å². The van der Waals surface area contributed by atoms with Crippen LogP contribution in [0.1, 0.15) is 21.5 Å². The van der Waals surface area contributed by atoms with Gasteiger partial charge >= 0.3 is 0 Å². The number of aromatic amines is 1. The molecule has 0 saturated heterocycles. The molecule has 3 N–H and O–H groups in total. The molecule has 0 radical (unpaired) electrons. The molecule has 33 heavy (non-hydrogen) atoms. The van der Waals surface area contributed by atoms with E-state index in [1.54, 1.807) is 37.4 Å². The van der Waals surface area contributed by atoms with Crippen LogP contribution in [0.25, 0.3) is 10.9 Å². The number of amides is 2. The van der Waals surface area contributed by atoms with E-state index in [2.05, 4.69) is 15.6 Å². The lowest BCUT2D eigenvalue weighted by atomic mass is 10.0. The van der Waals surface area contributed by atoms with Gasteiger partial charge in [-0.2, -0.15) is 0 Å². The lowest BCUT2D eigenvalue weighted by Crippen LogP contribution is -2.45. The van der Waals surface area contributed by atoms with Gasteiger partial charge in [0.15, 0.2) is 0 Å². The number of carbonyl (C=O) groups is 2. The Bertz CT molecular complexity index is 1280. The summed E-state index contributed by atoms with van der Waals surface area (Å²) in [5, 5.41) is 7.11. The van der Waals surface area contributed by atoms with Crippen molar-refractivity contribution in [3.63, 3.8) is 0 Å². The smallest absolute Gasteiger partial charge is 0.253 e. The average Bonchev–Trinajstić information content (AvgIpc) is 3.22. The first-order valence-electron chi connectivity index (χ1n) is 10.5. The number of carbonyl (C=O) groups excluding carboxylic acids is 2. The Morgan fingerprint density at radius 1 is 1.03 bits per heavy atom. The lowest BCUT2D eigenvalue weighted by Gasteiger charge is -2.19. The van der Waals surface area contributed by atoms with E-state index in [9.17, 15) is 9.59 Å². The van der Waals surface area contributed by atoms with Crippen molar-refractivity contribution in [3.8, 4) is 0 Å². The highest BCUT2D eigenvalue weighted by Crippen LogP contribution is 2.21. The Balaban J connectivity index is 1.60. The second-order valence-electron chi connectivity index (χ2n) is 7.69. The van der Waals surface area contributed by atoms with Crippen molar-refractivity contribution in [1.82, 2.24) is 10.3 Å². The zero-order chi connectivity index (χ0) is 23.2. The fourth-order valence-corrected chi connectivity index (χ4v) is 3.97. The zero-order valence-electron chi connectivity index (χ0n) is 18.1. The number of aromatic nitrogens is 1. The quantitative estimate of drug-likeness (QED) is 0.347. The number of fused-ring (bicyclic) bond motifs is 1. The molecule has 0 spiro atoms. The predicted molar refractivity (Wildman–Crippen MR) is 130 cm³/mol. The summed E-state index contributed by atoms with van der Waals surface area (Å²) in [5.74, 6) is -0.732. The van der Waals surface area contributed by atoms with Gasteiger partial charge in [0.1, 0.15) is 6.04 Å². The van der Waals surface area contributed by atoms with Gasteiger partial charge in [-0.1, -0.05) is 54.1 Å². The molecule has 0 aliphatic heterocycles. The van der Waals surface area contributed by atoms with Crippen LogP contribution in [0, 0.1) is 0 Å². The summed E-state index contributed by atoms with van der Waals surface area (Å²) in [6, 6.07) is 21.2. The van der Waals surface area contributed by atoms with E-state index in [0.29, 0.717) is 29.3 Å². The monoisotopic (exact) mass is 461 g/mol. The number of rotatable bonds is 8. The number of nitrogens with one attached hydrogen (secondary N) is 3. The van der Waals surface area contributed by atoms with Crippen molar-refractivity contribution in [2.45, 2.75) is 19.1 Å². The maximum Gasteiger partial charge on any atom is 0.253 e. The van der Waals surface area contributed by atoms with Crippen LogP contribution in [0.4, 0.5) is 5.69 Å². The molecule has 0 aliphatic carbocycles. The summed E-state index contributed by atoms with van der Waals surface area (Å²) in [7, 11) is 1.62. The molecule has 2 amide bonds. The fourth-order valence-electron chi connectivity index (χ4n) is 3.75. The van der Waals surface area contributed by atoms with Crippen molar-refractivity contribution in [1.29, 1.82) is 0 Å². The molecule has 6 nitrogen and oxygen atoms in total. The largest absolute Gasteiger partial charge is 0.380 e. The molecule has 0 fully saturated rings. The number of para-hydroxylation sites is 1. The second kappa shape index (κ2) is 10.3. The molecule has 4 aromatic rings. The number of hydrogen-bond acceptors (Lipinski definition) is 3. The van der Waals surface area contributed by atoms with E-state index in [1.165, 1.54) is 0 Å². The SMILES string of the molecule is COCc1cccc(NC(=O)C(Cc2c[nH]c3ccccc23)NC(=O)c2ccccc2Cl)c1. The Morgan fingerprint density at radius 3 is 2.64 bits per heavy atom. The van der Waals surface area contributed by atoms with Gasteiger partial charge in [-0.3, -0.25) is 9.59 Å². The summed E-state index contributed by atoms with van der Waals surface area (Å²) >= 11 is 6.20. The molecular formula is C26H24ClN3O3. The summed E-state index contributed by atoms with van der Waals surface area (Å²) in [4.78, 5) is 29.5. The molecule has 1 unspecified atom stereocenters. The summed E-state index contributed by atoms with van der Waals surface area (Å²) < 4.78 is 5.17. The van der Waals surface area contributed by atoms with E-state index >= 15 is 0 Å². The van der Waals surface area contributed by atoms with Crippen LogP contribution in [0.15, 0.2) is 79.0 Å². The predicted octanol–water partition coefficient (Wildman–Crippen LogP) is 4.95. The van der Waals surface area contributed by atoms with Crippen LogP contribution in [0.3, 0.4) is 0 Å². The summed E-state index contributed by atoms with van der Waals surface area (Å²) in [6.07, 6.45) is 2.18. The van der Waals surface area contributed by atoms with Gasteiger partial charge < -0.3 is 20.4 Å². The van der Waals surface area contributed by atoms with E-state index in [-0.39, 0.29) is 5.91 Å². The summed E-state index contributed by atoms with van der Waals surface area (Å²) in [5.41, 5.74) is 3.78. The Kier molecular flexibility index (Phi) is 7.07. The first-order valence-corrected chi connectivity index (χ1v) is 10.9. The first kappa shape index (κ1) is 22.6. The highest BCUT2D eigenvalue weighted by Gasteiger charge is 2.24. The minimum atomic E-state index is -0.820. The van der Waals surface area contributed by atoms with E-state index in [0.717, 1.165) is 22.0 Å². The van der Waals surface area contributed by atoms with Gasteiger partial charge in [-0.25, -0.2) is 0 Å². The van der Waals surface area contributed by atoms with Gasteiger partial charge in [0, 0.05) is 36.3 Å². The molecule has 0 bridgehead atoms. The van der Waals surface area contributed by atoms with Gasteiger partial charge in [0.05, 0.1) is 17.2 Å². The van der Waals surface area contributed by atoms with E-state index < -0.39 is 11.9 Å². The molecule has 1 aromatic heterocycles. The maximum absolute atomic E-state index is 13.3. The average molecular weight is 462 g/mol. The Hall–Kier alpha value is -3.61. The molecule has 0 aliphatic rings. The third-order valence-electron chi connectivity index (χ3n) is 5.34. The molecule has 1 atom stereocenters. The van der Waals surface area contributed by atoms with Gasteiger partial charge in [0.25, 0.3) is 5.91 Å². The maximum atomic E-state index is 13.3. The fraction of sp³-hybridized carbons (Fsp3) is 0.154. The van der Waals surface area contributed by atoms with Crippen molar-refractivity contribution in [3.05, 3.63) is 101 Å². The third kappa shape index (κ3) is 5.42. The molecule has 3 aromatic carbocycles. The molecule has 4 rings (SSSR count). The van der Waals surface area contributed by atoms with Gasteiger partial charge in [-0.05, 0) is 41.5 Å². The first-order chi connectivity index (χ1) is 16.0. The number of hydrogen-bond donors (Lipinski definition) is 3. The number of halogens is 1. The van der Waals surface area contributed by atoms with Crippen molar-refractivity contribution < 1.29 is 14.3 Å². The van der Waals surface area contributed by atoms with Crippen molar-refractivity contribution in [2.24, 2.45) is 0 Å². The second-order valence-corrected chi connectivity index (χ2v) is 8.10. The zero-order valence-corrected chi connectivity index (χ0v) is 18.9. The standard InChI is InChI=1S/C26H24ClN3O3/c1-33-16-17-7-6-8-19(13-17)29-26(32)24(30-25(31)21-10-2-4-11-22(21)27)14-18-15-28-23-12-5-3-9-20(18)23/h2-13,15,24,28H,14,16H2,1H3,(H,29,32)(H,30,31). The normalized spacial score (nSPS) is 11.8. The number of anilines is 1. The number of ether oxygens (including phenoxy) is 1. The number of methoxy groups -OCH3 is 1. The minimum Gasteiger partial charge on any atom is -0.380 e. The topological polar surface area (TPSA) is 83.2 Å². The van der Waals surface area contributed by atoms with Crippen LogP contribution in [-0.4, -0.2) is 29.9 Å². The number of benzene rings is 3. The van der Waals surface area contributed by atoms with Crippen LogP contribution >= 0.6 is 11.6 Å². The van der Waals surface area contributed by atoms with Crippen LogP contribution in [0.2, 0.25) is 5.02 Å². The Labute approximate surface area is 196 Å². The lowest BCUT2D eigenvalue weighted by molar-refractivity contribution is -0.118. The van der Waals surface area contributed by atoms with Crippen molar-refractivity contribution >= 4 is 40.0 Å². The van der Waals surface area contributed by atoms with E-state index in [1.807, 2.05) is 48.7 Å². The van der Waals surface area contributed by atoms with Crippen LogP contribution < -0.4 is 10.6 Å². The molecule has 1 heterocycles. The Morgan fingerprint density at radius 2 is 1.82 bits per heavy atom. The van der Waals surface area contributed by atoms with Crippen LogP contribution in [-0.2, 0) is 22.6 Å². The summed E-state index contributed by atoms with van der Waals surface area (Å²) in [6.45, 7) is 0.436. The number of H-pyrrole nitrogens is 1. The van der Waals surface area contributed by atoms with Crippen molar-refractivity contribution in [2.75, 3.05) is 12.4 Å².